The van der Waals surface area contributed by atoms with Crippen LogP contribution in [0.3, 0.4) is 0 Å². The highest BCUT2D eigenvalue weighted by molar-refractivity contribution is 6.03. The standard InChI is InChI=1S/C18H18N2/c1-14-7-5-6-10-16(14)17(13-18-19-11-12-20-18)15-8-3-2-4-9-15/h2-10,13H,11-12H2,1H3,(H,19,20). The zero-order valence-corrected chi connectivity index (χ0v) is 11.6. The maximum Gasteiger partial charge on any atom is 0.121 e. The number of amidine groups is 1. The molecule has 0 amide bonds. The minimum Gasteiger partial charge on any atom is -0.369 e. The summed E-state index contributed by atoms with van der Waals surface area (Å²) in [5, 5.41) is 3.32. The van der Waals surface area contributed by atoms with Gasteiger partial charge in [0.1, 0.15) is 5.84 Å². The molecular weight excluding hydrogens is 244 g/mol. The van der Waals surface area contributed by atoms with E-state index in [1.807, 2.05) is 6.07 Å². The summed E-state index contributed by atoms with van der Waals surface area (Å²) in [4.78, 5) is 4.49. The third-order valence-electron chi connectivity index (χ3n) is 3.50. The van der Waals surface area contributed by atoms with Crippen LogP contribution in [0, 0.1) is 6.92 Å². The first-order valence-electron chi connectivity index (χ1n) is 6.96. The van der Waals surface area contributed by atoms with E-state index in [9.17, 15) is 0 Å². The molecule has 0 spiro atoms. The van der Waals surface area contributed by atoms with Crippen molar-refractivity contribution in [3.63, 3.8) is 0 Å². The van der Waals surface area contributed by atoms with Crippen molar-refractivity contribution in [2.24, 2.45) is 4.99 Å². The lowest BCUT2D eigenvalue weighted by Crippen LogP contribution is -2.16. The number of rotatable bonds is 3. The molecule has 0 bridgehead atoms. The normalized spacial score (nSPS) is 14.8. The van der Waals surface area contributed by atoms with Crippen molar-refractivity contribution in [1.82, 2.24) is 5.32 Å². The smallest absolute Gasteiger partial charge is 0.121 e. The van der Waals surface area contributed by atoms with Crippen LogP contribution in [0.5, 0.6) is 0 Å². The van der Waals surface area contributed by atoms with E-state index in [4.69, 9.17) is 0 Å². The Hall–Kier alpha value is -2.35. The van der Waals surface area contributed by atoms with Crippen LogP contribution in [0.15, 0.2) is 65.7 Å². The highest BCUT2D eigenvalue weighted by Gasteiger charge is 2.10. The van der Waals surface area contributed by atoms with Gasteiger partial charge in [0.25, 0.3) is 0 Å². The number of nitrogens with one attached hydrogen (secondary N) is 1. The highest BCUT2D eigenvalue weighted by atomic mass is 15.1. The molecule has 20 heavy (non-hydrogen) atoms. The second kappa shape index (κ2) is 5.74. The van der Waals surface area contributed by atoms with Gasteiger partial charge >= 0.3 is 0 Å². The van der Waals surface area contributed by atoms with E-state index in [1.54, 1.807) is 0 Å². The van der Waals surface area contributed by atoms with E-state index >= 15 is 0 Å². The first-order valence-corrected chi connectivity index (χ1v) is 6.96. The lowest BCUT2D eigenvalue weighted by Gasteiger charge is -2.11. The third-order valence-corrected chi connectivity index (χ3v) is 3.50. The Bertz CT molecular complexity index is 654. The average molecular weight is 262 g/mol. The molecule has 0 unspecified atom stereocenters. The van der Waals surface area contributed by atoms with Crippen molar-refractivity contribution in [3.05, 3.63) is 77.4 Å². The van der Waals surface area contributed by atoms with E-state index in [1.165, 1.54) is 22.3 Å². The van der Waals surface area contributed by atoms with Crippen molar-refractivity contribution in [2.45, 2.75) is 6.92 Å². The summed E-state index contributed by atoms with van der Waals surface area (Å²) >= 11 is 0. The number of nitrogens with zero attached hydrogens (tertiary/aromatic N) is 1. The van der Waals surface area contributed by atoms with Gasteiger partial charge in [0, 0.05) is 6.54 Å². The monoisotopic (exact) mass is 262 g/mol. The quantitative estimate of drug-likeness (QED) is 0.900. The molecule has 2 heteroatoms. The van der Waals surface area contributed by atoms with Crippen LogP contribution in [0.2, 0.25) is 0 Å². The molecule has 2 aromatic carbocycles. The minimum atomic E-state index is 0.863. The van der Waals surface area contributed by atoms with Crippen LogP contribution in [0.4, 0.5) is 0 Å². The number of aliphatic imine (C=N–C) groups is 1. The number of hydrogen-bond donors (Lipinski definition) is 1. The molecule has 0 radical (unpaired) electrons. The molecule has 0 saturated heterocycles. The summed E-state index contributed by atoms with van der Waals surface area (Å²) in [7, 11) is 0. The lowest BCUT2D eigenvalue weighted by atomic mass is 9.94. The van der Waals surface area contributed by atoms with Crippen LogP contribution >= 0.6 is 0 Å². The lowest BCUT2D eigenvalue weighted by molar-refractivity contribution is 0.961. The van der Waals surface area contributed by atoms with Crippen molar-refractivity contribution < 1.29 is 0 Å². The molecule has 1 N–H and O–H groups in total. The molecule has 1 aliphatic rings. The van der Waals surface area contributed by atoms with Crippen molar-refractivity contribution in [1.29, 1.82) is 0 Å². The summed E-state index contributed by atoms with van der Waals surface area (Å²) in [5.74, 6) is 0.979. The van der Waals surface area contributed by atoms with Crippen molar-refractivity contribution >= 4 is 11.4 Å². The molecule has 1 heterocycles. The van der Waals surface area contributed by atoms with Gasteiger partial charge in [-0.3, -0.25) is 4.99 Å². The zero-order chi connectivity index (χ0) is 13.8. The Morgan fingerprint density at radius 3 is 2.50 bits per heavy atom. The Balaban J connectivity index is 2.11. The van der Waals surface area contributed by atoms with E-state index in [0.717, 1.165) is 18.9 Å². The number of aryl methyl sites for hydroxylation is 1. The summed E-state index contributed by atoms with van der Waals surface area (Å²) < 4.78 is 0. The predicted octanol–water partition coefficient (Wildman–Crippen LogP) is 3.43. The second-order valence-electron chi connectivity index (χ2n) is 4.93. The van der Waals surface area contributed by atoms with E-state index < -0.39 is 0 Å². The predicted molar refractivity (Wildman–Crippen MR) is 85.0 cm³/mol. The molecule has 0 fully saturated rings. The third kappa shape index (κ3) is 2.64. The summed E-state index contributed by atoms with van der Waals surface area (Å²) in [6, 6.07) is 19.0. The topological polar surface area (TPSA) is 24.4 Å². The van der Waals surface area contributed by atoms with Gasteiger partial charge in [0.15, 0.2) is 0 Å². The largest absolute Gasteiger partial charge is 0.369 e. The minimum absolute atomic E-state index is 0.863. The molecule has 0 saturated carbocycles. The summed E-state index contributed by atoms with van der Waals surface area (Å²) in [6.07, 6.45) is 2.16. The second-order valence-corrected chi connectivity index (χ2v) is 4.93. The molecule has 0 atom stereocenters. The fourth-order valence-electron chi connectivity index (χ4n) is 2.46. The Morgan fingerprint density at radius 1 is 1.05 bits per heavy atom. The fourth-order valence-corrected chi connectivity index (χ4v) is 2.46. The van der Waals surface area contributed by atoms with E-state index in [-0.39, 0.29) is 0 Å². The van der Waals surface area contributed by atoms with Gasteiger partial charge in [-0.05, 0) is 35.3 Å². The molecule has 3 rings (SSSR count). The van der Waals surface area contributed by atoms with Gasteiger partial charge < -0.3 is 5.32 Å². The summed E-state index contributed by atoms with van der Waals surface area (Å²) in [6.45, 7) is 3.94. The van der Waals surface area contributed by atoms with Crippen LogP contribution in [-0.2, 0) is 0 Å². The van der Waals surface area contributed by atoms with Gasteiger partial charge in [-0.2, -0.15) is 0 Å². The van der Waals surface area contributed by atoms with Gasteiger partial charge in [0.05, 0.1) is 6.54 Å². The maximum absolute atomic E-state index is 4.49. The number of benzene rings is 2. The fraction of sp³-hybridized carbons (Fsp3) is 0.167. The van der Waals surface area contributed by atoms with Gasteiger partial charge in [-0.25, -0.2) is 0 Å². The first kappa shape index (κ1) is 12.7. The first-order chi connectivity index (χ1) is 9.84. The molecule has 2 aromatic rings. The average Bonchev–Trinajstić information content (AvgIpc) is 3.00. The molecule has 2 nitrogen and oxygen atoms in total. The van der Waals surface area contributed by atoms with E-state index in [2.05, 4.69) is 71.8 Å². The Kier molecular flexibility index (Phi) is 3.64. The molecular formula is C18H18N2. The van der Waals surface area contributed by atoms with Crippen LogP contribution in [-0.4, -0.2) is 18.9 Å². The molecule has 0 aromatic heterocycles. The summed E-state index contributed by atoms with van der Waals surface area (Å²) in [5.41, 5.74) is 4.98. The van der Waals surface area contributed by atoms with Crippen molar-refractivity contribution in [3.8, 4) is 0 Å². The zero-order valence-electron chi connectivity index (χ0n) is 11.6. The van der Waals surface area contributed by atoms with E-state index in [0.29, 0.717) is 0 Å². The maximum atomic E-state index is 4.49. The van der Waals surface area contributed by atoms with Crippen LogP contribution in [0.25, 0.3) is 5.57 Å². The molecule has 1 aliphatic heterocycles. The van der Waals surface area contributed by atoms with Gasteiger partial charge in [-0.1, -0.05) is 54.6 Å². The Morgan fingerprint density at radius 2 is 1.80 bits per heavy atom. The van der Waals surface area contributed by atoms with Crippen molar-refractivity contribution in [2.75, 3.05) is 13.1 Å². The Labute approximate surface area is 119 Å². The SMILES string of the molecule is Cc1ccccc1C(=CC1=NCCN1)c1ccccc1. The molecule has 0 aliphatic carbocycles. The van der Waals surface area contributed by atoms with Gasteiger partial charge in [-0.15, -0.1) is 0 Å². The van der Waals surface area contributed by atoms with Crippen LogP contribution in [0.1, 0.15) is 16.7 Å². The van der Waals surface area contributed by atoms with Gasteiger partial charge in [0.2, 0.25) is 0 Å². The molecule has 100 valence electrons. The highest BCUT2D eigenvalue weighted by Crippen LogP contribution is 2.26. The number of hydrogen-bond acceptors (Lipinski definition) is 2. The van der Waals surface area contributed by atoms with Crippen LogP contribution < -0.4 is 5.32 Å².